The van der Waals surface area contributed by atoms with E-state index in [1.54, 1.807) is 6.07 Å². The maximum absolute atomic E-state index is 13.2. The Labute approximate surface area is 101 Å². The molecular formula is C13H18FN3. The van der Waals surface area contributed by atoms with Crippen molar-refractivity contribution in [3.05, 3.63) is 24.0 Å². The van der Waals surface area contributed by atoms with E-state index >= 15 is 0 Å². The molecule has 4 heteroatoms. The number of nitrogens with one attached hydrogen (secondary N) is 1. The van der Waals surface area contributed by atoms with E-state index < -0.39 is 0 Å². The summed E-state index contributed by atoms with van der Waals surface area (Å²) in [5.41, 5.74) is 6.94. The van der Waals surface area contributed by atoms with Crippen molar-refractivity contribution in [2.75, 3.05) is 24.1 Å². The van der Waals surface area contributed by atoms with Crippen LogP contribution in [0.4, 0.5) is 15.8 Å². The predicted octanol–water partition coefficient (Wildman–Crippen LogP) is 2.06. The van der Waals surface area contributed by atoms with Crippen LogP contribution in [-0.4, -0.2) is 30.1 Å². The quantitative estimate of drug-likeness (QED) is 0.771. The van der Waals surface area contributed by atoms with Crippen LogP contribution in [0.1, 0.15) is 19.3 Å². The predicted molar refractivity (Wildman–Crippen MR) is 67.4 cm³/mol. The molecule has 3 rings (SSSR count). The van der Waals surface area contributed by atoms with Crippen LogP contribution >= 0.6 is 0 Å². The second-order valence-electron chi connectivity index (χ2n) is 5.06. The molecule has 0 aromatic heterocycles. The van der Waals surface area contributed by atoms with Gasteiger partial charge in [0, 0.05) is 30.0 Å². The number of hydrogen-bond acceptors (Lipinski definition) is 3. The molecule has 1 aromatic rings. The van der Waals surface area contributed by atoms with Crippen molar-refractivity contribution in [3.8, 4) is 0 Å². The highest BCUT2D eigenvalue weighted by molar-refractivity contribution is 5.55. The number of fused-ring (bicyclic) bond motifs is 1. The summed E-state index contributed by atoms with van der Waals surface area (Å²) in [4.78, 5) is 2.53. The Morgan fingerprint density at radius 3 is 2.94 bits per heavy atom. The first kappa shape index (κ1) is 10.8. The lowest BCUT2D eigenvalue weighted by Gasteiger charge is -2.22. The maximum atomic E-state index is 13.2. The Morgan fingerprint density at radius 2 is 2.12 bits per heavy atom. The number of benzene rings is 1. The second-order valence-corrected chi connectivity index (χ2v) is 5.06. The standard InChI is InChI=1S/C13H18FN3/c14-9-6-10(15)8-11(7-9)16-12-3-5-17-4-1-2-13(12)17/h6-8,12-13,16H,1-5,15H2. The van der Waals surface area contributed by atoms with Crippen LogP contribution in [0.3, 0.4) is 0 Å². The van der Waals surface area contributed by atoms with E-state index in [4.69, 9.17) is 5.73 Å². The summed E-state index contributed by atoms with van der Waals surface area (Å²) in [5.74, 6) is -0.270. The van der Waals surface area contributed by atoms with Crippen LogP contribution in [0.5, 0.6) is 0 Å². The zero-order valence-corrected chi connectivity index (χ0v) is 9.82. The molecule has 2 heterocycles. The van der Waals surface area contributed by atoms with E-state index in [0.29, 0.717) is 17.8 Å². The fourth-order valence-corrected chi connectivity index (χ4v) is 3.16. The largest absolute Gasteiger partial charge is 0.399 e. The van der Waals surface area contributed by atoms with E-state index in [1.807, 2.05) is 0 Å². The molecular weight excluding hydrogens is 217 g/mol. The third kappa shape index (κ3) is 2.09. The van der Waals surface area contributed by atoms with Crippen LogP contribution < -0.4 is 11.1 Å². The van der Waals surface area contributed by atoms with Gasteiger partial charge in [0.15, 0.2) is 0 Å². The number of anilines is 2. The van der Waals surface area contributed by atoms with Crippen LogP contribution in [0.25, 0.3) is 0 Å². The van der Waals surface area contributed by atoms with Crippen LogP contribution in [0.15, 0.2) is 18.2 Å². The summed E-state index contributed by atoms with van der Waals surface area (Å²) in [5, 5.41) is 3.43. The summed E-state index contributed by atoms with van der Waals surface area (Å²) in [6.45, 7) is 2.38. The molecule has 0 saturated carbocycles. The van der Waals surface area contributed by atoms with Crippen molar-refractivity contribution < 1.29 is 4.39 Å². The Hall–Kier alpha value is -1.29. The van der Waals surface area contributed by atoms with Gasteiger partial charge in [-0.25, -0.2) is 4.39 Å². The number of nitrogen functional groups attached to an aromatic ring is 1. The van der Waals surface area contributed by atoms with E-state index in [2.05, 4.69) is 10.2 Å². The molecule has 0 bridgehead atoms. The molecule has 2 atom stereocenters. The van der Waals surface area contributed by atoms with Crippen LogP contribution in [-0.2, 0) is 0 Å². The number of hydrogen-bond donors (Lipinski definition) is 2. The summed E-state index contributed by atoms with van der Waals surface area (Å²) >= 11 is 0. The fourth-order valence-electron chi connectivity index (χ4n) is 3.16. The monoisotopic (exact) mass is 235 g/mol. The Morgan fingerprint density at radius 1 is 1.24 bits per heavy atom. The third-order valence-corrected chi connectivity index (χ3v) is 3.88. The van der Waals surface area contributed by atoms with Crippen molar-refractivity contribution >= 4 is 11.4 Å². The summed E-state index contributed by atoms with van der Waals surface area (Å²) < 4.78 is 13.2. The minimum atomic E-state index is -0.270. The van der Waals surface area contributed by atoms with Crippen molar-refractivity contribution in [2.45, 2.75) is 31.3 Å². The van der Waals surface area contributed by atoms with Gasteiger partial charge in [-0.2, -0.15) is 0 Å². The first-order valence-corrected chi connectivity index (χ1v) is 6.29. The highest BCUT2D eigenvalue weighted by atomic mass is 19.1. The van der Waals surface area contributed by atoms with Gasteiger partial charge in [0.05, 0.1) is 0 Å². The van der Waals surface area contributed by atoms with E-state index in [9.17, 15) is 4.39 Å². The lowest BCUT2D eigenvalue weighted by Crippen LogP contribution is -2.33. The molecule has 92 valence electrons. The molecule has 2 aliphatic heterocycles. The van der Waals surface area contributed by atoms with Crippen LogP contribution in [0.2, 0.25) is 0 Å². The molecule has 3 N–H and O–H groups in total. The molecule has 1 aromatic carbocycles. The number of nitrogens with two attached hydrogens (primary N) is 1. The Bertz CT molecular complexity index is 401. The van der Waals surface area contributed by atoms with Gasteiger partial charge in [0.1, 0.15) is 5.82 Å². The van der Waals surface area contributed by atoms with Gasteiger partial charge in [-0.1, -0.05) is 0 Å². The maximum Gasteiger partial charge on any atom is 0.127 e. The highest BCUT2D eigenvalue weighted by Gasteiger charge is 2.36. The van der Waals surface area contributed by atoms with Gasteiger partial charge < -0.3 is 11.1 Å². The van der Waals surface area contributed by atoms with E-state index in [-0.39, 0.29) is 5.82 Å². The number of halogens is 1. The summed E-state index contributed by atoms with van der Waals surface area (Å²) in [7, 11) is 0. The Kier molecular flexibility index (Phi) is 2.67. The first-order valence-electron chi connectivity index (χ1n) is 6.29. The zero-order chi connectivity index (χ0) is 11.8. The van der Waals surface area contributed by atoms with Gasteiger partial charge in [0.25, 0.3) is 0 Å². The van der Waals surface area contributed by atoms with E-state index in [1.165, 1.54) is 31.5 Å². The molecule has 2 saturated heterocycles. The second kappa shape index (κ2) is 4.18. The molecule has 0 aliphatic carbocycles. The zero-order valence-electron chi connectivity index (χ0n) is 9.82. The smallest absolute Gasteiger partial charge is 0.127 e. The lowest BCUT2D eigenvalue weighted by atomic mass is 10.1. The molecule has 0 radical (unpaired) electrons. The van der Waals surface area contributed by atoms with Crippen molar-refractivity contribution in [3.63, 3.8) is 0 Å². The lowest BCUT2D eigenvalue weighted by molar-refractivity contribution is 0.318. The van der Waals surface area contributed by atoms with Gasteiger partial charge in [-0.15, -0.1) is 0 Å². The topological polar surface area (TPSA) is 41.3 Å². The SMILES string of the molecule is Nc1cc(F)cc(NC2CCN3CCCC23)c1. The highest BCUT2D eigenvalue weighted by Crippen LogP contribution is 2.30. The molecule has 17 heavy (non-hydrogen) atoms. The number of rotatable bonds is 2. The molecule has 0 amide bonds. The average Bonchev–Trinajstić information content (AvgIpc) is 2.81. The molecule has 2 unspecified atom stereocenters. The van der Waals surface area contributed by atoms with Crippen molar-refractivity contribution in [1.82, 2.24) is 4.90 Å². The van der Waals surface area contributed by atoms with Crippen molar-refractivity contribution in [1.29, 1.82) is 0 Å². The van der Waals surface area contributed by atoms with Gasteiger partial charge in [-0.05, 0) is 44.0 Å². The molecule has 2 aliphatic rings. The fraction of sp³-hybridized carbons (Fsp3) is 0.538. The summed E-state index contributed by atoms with van der Waals surface area (Å²) in [6, 6.07) is 5.74. The summed E-state index contributed by atoms with van der Waals surface area (Å²) in [6.07, 6.45) is 3.68. The van der Waals surface area contributed by atoms with Gasteiger partial charge in [0.2, 0.25) is 0 Å². The van der Waals surface area contributed by atoms with Crippen LogP contribution in [0, 0.1) is 5.82 Å². The first-order chi connectivity index (χ1) is 8.22. The Balaban J connectivity index is 1.74. The van der Waals surface area contributed by atoms with E-state index in [0.717, 1.165) is 18.7 Å². The molecule has 2 fully saturated rings. The van der Waals surface area contributed by atoms with Crippen molar-refractivity contribution in [2.24, 2.45) is 0 Å². The number of nitrogens with zero attached hydrogens (tertiary/aromatic N) is 1. The normalized spacial score (nSPS) is 28.3. The minimum absolute atomic E-state index is 0.270. The average molecular weight is 235 g/mol. The molecule has 0 spiro atoms. The minimum Gasteiger partial charge on any atom is -0.399 e. The third-order valence-electron chi connectivity index (χ3n) is 3.88. The van der Waals surface area contributed by atoms with Gasteiger partial charge in [-0.3, -0.25) is 4.90 Å². The molecule has 3 nitrogen and oxygen atoms in total. The van der Waals surface area contributed by atoms with Gasteiger partial charge >= 0.3 is 0 Å².